The lowest BCUT2D eigenvalue weighted by molar-refractivity contribution is 0.229. The molecule has 0 amide bonds. The lowest BCUT2D eigenvalue weighted by atomic mass is 10.0. The number of aryl methyl sites for hydroxylation is 2. The summed E-state index contributed by atoms with van der Waals surface area (Å²) in [7, 11) is 2.22. The zero-order chi connectivity index (χ0) is 15.8. The fourth-order valence-electron chi connectivity index (χ4n) is 4.30. The first kappa shape index (κ1) is 14.9. The molecule has 124 valence electrons. The number of fused-ring (bicyclic) bond motifs is 1. The van der Waals surface area contributed by atoms with Crippen LogP contribution in [0.3, 0.4) is 0 Å². The Labute approximate surface area is 138 Å². The SMILES string of the molecule is CCn1nccc1CN1CCCC1c1nc2c(n1C)CCCC2. The molecule has 23 heavy (non-hydrogen) atoms. The molecule has 0 saturated carbocycles. The Balaban J connectivity index is 1.59. The average molecular weight is 313 g/mol. The highest BCUT2D eigenvalue weighted by Gasteiger charge is 2.31. The van der Waals surface area contributed by atoms with E-state index in [0.717, 1.165) is 19.6 Å². The van der Waals surface area contributed by atoms with Crippen molar-refractivity contribution in [3.05, 3.63) is 35.2 Å². The van der Waals surface area contributed by atoms with Crippen LogP contribution >= 0.6 is 0 Å². The molecule has 0 spiro atoms. The van der Waals surface area contributed by atoms with Crippen molar-refractivity contribution in [2.45, 2.75) is 64.6 Å². The van der Waals surface area contributed by atoms with E-state index in [9.17, 15) is 0 Å². The third-order valence-electron chi connectivity index (χ3n) is 5.54. The van der Waals surface area contributed by atoms with Gasteiger partial charge in [0.05, 0.1) is 17.4 Å². The fourth-order valence-corrected chi connectivity index (χ4v) is 4.30. The van der Waals surface area contributed by atoms with Crippen molar-refractivity contribution < 1.29 is 0 Å². The van der Waals surface area contributed by atoms with Crippen molar-refractivity contribution in [3.63, 3.8) is 0 Å². The van der Waals surface area contributed by atoms with Gasteiger partial charge >= 0.3 is 0 Å². The minimum absolute atomic E-state index is 0.464. The predicted molar refractivity (Wildman–Crippen MR) is 90.1 cm³/mol. The van der Waals surface area contributed by atoms with E-state index >= 15 is 0 Å². The van der Waals surface area contributed by atoms with Crippen molar-refractivity contribution in [1.29, 1.82) is 0 Å². The maximum absolute atomic E-state index is 5.05. The molecule has 2 aliphatic rings. The molecule has 1 atom stereocenters. The summed E-state index contributed by atoms with van der Waals surface area (Å²) in [6.45, 7) is 5.25. The van der Waals surface area contributed by atoms with Crippen molar-refractivity contribution in [2.75, 3.05) is 6.54 Å². The molecule has 1 aliphatic heterocycles. The molecule has 1 fully saturated rings. The topological polar surface area (TPSA) is 38.9 Å². The van der Waals surface area contributed by atoms with E-state index in [1.165, 1.54) is 61.4 Å². The first-order valence-electron chi connectivity index (χ1n) is 9.07. The van der Waals surface area contributed by atoms with E-state index < -0.39 is 0 Å². The molecule has 1 aliphatic carbocycles. The minimum atomic E-state index is 0.464. The van der Waals surface area contributed by atoms with Crippen molar-refractivity contribution in [3.8, 4) is 0 Å². The highest BCUT2D eigenvalue weighted by atomic mass is 15.3. The number of rotatable bonds is 4. The standard InChI is InChI=1S/C18H27N5/c1-3-23-14(10-11-19-23)13-22-12-6-9-17(22)18-20-15-7-4-5-8-16(15)21(18)2/h10-11,17H,3-9,12-13H2,1-2H3. The number of imidazole rings is 1. The monoisotopic (exact) mass is 313 g/mol. The molecule has 5 heteroatoms. The van der Waals surface area contributed by atoms with Gasteiger partial charge in [-0.25, -0.2) is 4.98 Å². The summed E-state index contributed by atoms with van der Waals surface area (Å²) >= 11 is 0. The molecule has 5 nitrogen and oxygen atoms in total. The van der Waals surface area contributed by atoms with Gasteiger partial charge in [0, 0.05) is 32.0 Å². The third kappa shape index (κ3) is 2.61. The fraction of sp³-hybridized carbons (Fsp3) is 0.667. The molecule has 3 heterocycles. The third-order valence-corrected chi connectivity index (χ3v) is 5.54. The summed E-state index contributed by atoms with van der Waals surface area (Å²) in [4.78, 5) is 7.65. The van der Waals surface area contributed by atoms with Gasteiger partial charge in [-0.2, -0.15) is 5.10 Å². The van der Waals surface area contributed by atoms with Crippen LogP contribution < -0.4 is 0 Å². The molecule has 2 aromatic rings. The lowest BCUT2D eigenvalue weighted by Gasteiger charge is -2.24. The van der Waals surface area contributed by atoms with Crippen molar-refractivity contribution in [2.24, 2.45) is 7.05 Å². The number of hydrogen-bond acceptors (Lipinski definition) is 3. The van der Waals surface area contributed by atoms with Crippen LogP contribution in [0.25, 0.3) is 0 Å². The Morgan fingerprint density at radius 2 is 2.09 bits per heavy atom. The Bertz CT molecular complexity index is 684. The van der Waals surface area contributed by atoms with Gasteiger partial charge in [0.1, 0.15) is 5.82 Å². The van der Waals surface area contributed by atoms with Gasteiger partial charge in [0.25, 0.3) is 0 Å². The average Bonchev–Trinajstić information content (AvgIpc) is 3.28. The predicted octanol–water partition coefficient (Wildman–Crippen LogP) is 2.85. The molecule has 0 N–H and O–H groups in total. The summed E-state index contributed by atoms with van der Waals surface area (Å²) in [5.74, 6) is 1.29. The summed E-state index contributed by atoms with van der Waals surface area (Å²) in [6, 6.07) is 2.62. The van der Waals surface area contributed by atoms with E-state index in [1.54, 1.807) is 0 Å². The number of hydrogen-bond donors (Lipinski definition) is 0. The molecule has 4 rings (SSSR count). The van der Waals surface area contributed by atoms with Gasteiger partial charge in [-0.05, 0) is 58.1 Å². The van der Waals surface area contributed by atoms with E-state index in [0.29, 0.717) is 6.04 Å². The van der Waals surface area contributed by atoms with Crippen LogP contribution in [0.5, 0.6) is 0 Å². The van der Waals surface area contributed by atoms with Gasteiger partial charge in [-0.1, -0.05) is 0 Å². The van der Waals surface area contributed by atoms with Crippen LogP contribution in [0.4, 0.5) is 0 Å². The minimum Gasteiger partial charge on any atom is -0.334 e. The lowest BCUT2D eigenvalue weighted by Crippen LogP contribution is -2.26. The number of aromatic nitrogens is 4. The van der Waals surface area contributed by atoms with Crippen LogP contribution in [0.1, 0.15) is 61.6 Å². The van der Waals surface area contributed by atoms with E-state index in [-0.39, 0.29) is 0 Å². The normalized spacial score (nSPS) is 21.7. The summed E-state index contributed by atoms with van der Waals surface area (Å²) in [6.07, 6.45) is 9.39. The Morgan fingerprint density at radius 1 is 1.22 bits per heavy atom. The summed E-state index contributed by atoms with van der Waals surface area (Å²) < 4.78 is 4.51. The zero-order valence-electron chi connectivity index (χ0n) is 14.3. The molecular formula is C18H27N5. The first-order valence-corrected chi connectivity index (χ1v) is 9.07. The Kier molecular flexibility index (Phi) is 3.97. The maximum atomic E-state index is 5.05. The summed E-state index contributed by atoms with van der Waals surface area (Å²) in [5.41, 5.74) is 4.16. The van der Waals surface area contributed by atoms with Gasteiger partial charge in [0.2, 0.25) is 0 Å². The molecule has 1 saturated heterocycles. The molecule has 0 radical (unpaired) electrons. The number of nitrogens with zero attached hydrogens (tertiary/aromatic N) is 5. The second-order valence-corrected chi connectivity index (χ2v) is 6.90. The van der Waals surface area contributed by atoms with E-state index in [4.69, 9.17) is 4.98 Å². The van der Waals surface area contributed by atoms with Crippen LogP contribution in [0.2, 0.25) is 0 Å². The maximum Gasteiger partial charge on any atom is 0.126 e. The molecule has 0 aromatic carbocycles. The second kappa shape index (κ2) is 6.11. The van der Waals surface area contributed by atoms with Gasteiger partial charge in [-0.3, -0.25) is 9.58 Å². The molecule has 2 aromatic heterocycles. The van der Waals surface area contributed by atoms with Gasteiger partial charge in [0.15, 0.2) is 0 Å². The van der Waals surface area contributed by atoms with Crippen molar-refractivity contribution >= 4 is 0 Å². The quantitative estimate of drug-likeness (QED) is 0.871. The number of likely N-dealkylation sites (tertiary alicyclic amines) is 1. The zero-order valence-corrected chi connectivity index (χ0v) is 14.3. The van der Waals surface area contributed by atoms with E-state index in [1.807, 2.05) is 6.20 Å². The summed E-state index contributed by atoms with van der Waals surface area (Å²) in [5, 5.41) is 4.41. The molecule has 0 bridgehead atoms. The van der Waals surface area contributed by atoms with Crippen LogP contribution in [-0.2, 0) is 33.0 Å². The molecule has 1 unspecified atom stereocenters. The second-order valence-electron chi connectivity index (χ2n) is 6.90. The Hall–Kier alpha value is -1.62. The highest BCUT2D eigenvalue weighted by Crippen LogP contribution is 2.34. The van der Waals surface area contributed by atoms with Crippen LogP contribution in [0.15, 0.2) is 12.3 Å². The van der Waals surface area contributed by atoms with Gasteiger partial charge < -0.3 is 4.57 Å². The Morgan fingerprint density at radius 3 is 2.91 bits per heavy atom. The molecular weight excluding hydrogens is 286 g/mol. The largest absolute Gasteiger partial charge is 0.334 e. The smallest absolute Gasteiger partial charge is 0.126 e. The van der Waals surface area contributed by atoms with Crippen molar-refractivity contribution in [1.82, 2.24) is 24.2 Å². The van der Waals surface area contributed by atoms with Crippen LogP contribution in [-0.4, -0.2) is 30.8 Å². The highest BCUT2D eigenvalue weighted by molar-refractivity contribution is 5.22. The van der Waals surface area contributed by atoms with E-state index in [2.05, 4.69) is 39.3 Å². The van der Waals surface area contributed by atoms with Crippen LogP contribution in [0, 0.1) is 0 Å². The first-order chi connectivity index (χ1) is 11.3. The van der Waals surface area contributed by atoms with Gasteiger partial charge in [-0.15, -0.1) is 0 Å².